The van der Waals surface area contributed by atoms with Gasteiger partial charge in [-0.15, -0.1) is 0 Å². The minimum atomic E-state index is 0.554. The second-order valence-corrected chi connectivity index (χ2v) is 3.32. The summed E-state index contributed by atoms with van der Waals surface area (Å²) in [5.74, 6) is 1.36. The molecule has 0 saturated heterocycles. The van der Waals surface area contributed by atoms with Crippen molar-refractivity contribution in [1.82, 2.24) is 9.97 Å². The molecular formula is C8H10N2OS. The van der Waals surface area contributed by atoms with Crippen LogP contribution in [0.1, 0.15) is 24.5 Å². The van der Waals surface area contributed by atoms with E-state index in [0.29, 0.717) is 10.6 Å². The van der Waals surface area contributed by atoms with Crippen LogP contribution in [-0.4, -0.2) is 17.1 Å². The quantitative estimate of drug-likeness (QED) is 0.711. The number of hydrogen-bond donors (Lipinski definition) is 1. The van der Waals surface area contributed by atoms with Crippen LogP contribution in [0.25, 0.3) is 0 Å². The van der Waals surface area contributed by atoms with Crippen LogP contribution < -0.4 is 4.74 Å². The molecular weight excluding hydrogens is 172 g/mol. The zero-order chi connectivity index (χ0) is 8.55. The highest BCUT2D eigenvalue weighted by molar-refractivity contribution is 7.71. The van der Waals surface area contributed by atoms with Crippen LogP contribution in [0.4, 0.5) is 0 Å². The first-order chi connectivity index (χ1) is 5.83. The fourth-order valence-electron chi connectivity index (χ4n) is 1.27. The summed E-state index contributed by atoms with van der Waals surface area (Å²) in [6.07, 6.45) is 4.09. The molecule has 2 rings (SSSR count). The average molecular weight is 182 g/mol. The highest BCUT2D eigenvalue weighted by Gasteiger charge is 2.27. The lowest BCUT2D eigenvalue weighted by molar-refractivity contribution is 0.402. The van der Waals surface area contributed by atoms with Crippen LogP contribution >= 0.6 is 12.2 Å². The maximum Gasteiger partial charge on any atom is 0.175 e. The van der Waals surface area contributed by atoms with Crippen LogP contribution in [0.3, 0.4) is 0 Å². The number of aromatic nitrogens is 2. The summed E-state index contributed by atoms with van der Waals surface area (Å²) >= 11 is 5.03. The van der Waals surface area contributed by atoms with Gasteiger partial charge < -0.3 is 9.72 Å². The molecule has 1 aromatic heterocycles. The van der Waals surface area contributed by atoms with Crippen LogP contribution in [0.2, 0.25) is 0 Å². The van der Waals surface area contributed by atoms with Crippen LogP contribution in [0.15, 0.2) is 6.33 Å². The maximum atomic E-state index is 5.18. The molecule has 0 amide bonds. The van der Waals surface area contributed by atoms with Crippen molar-refractivity contribution in [3.8, 4) is 5.75 Å². The standard InChI is InChI=1S/C8H10N2OS/c1-11-7-6(5-2-3-5)9-4-10-8(7)12/h4-5H,2-3H2,1H3,(H,9,10,12). The van der Waals surface area contributed by atoms with Gasteiger partial charge in [0.15, 0.2) is 10.4 Å². The molecule has 0 bridgehead atoms. The highest BCUT2D eigenvalue weighted by atomic mass is 32.1. The Morgan fingerprint density at radius 1 is 1.67 bits per heavy atom. The summed E-state index contributed by atoms with van der Waals surface area (Å²) in [6, 6.07) is 0. The number of hydrogen-bond acceptors (Lipinski definition) is 3. The second-order valence-electron chi connectivity index (χ2n) is 2.93. The summed E-state index contributed by atoms with van der Waals surface area (Å²) in [5, 5.41) is 0. The van der Waals surface area contributed by atoms with Gasteiger partial charge >= 0.3 is 0 Å². The third-order valence-corrected chi connectivity index (χ3v) is 2.32. The number of nitrogens with one attached hydrogen (secondary N) is 1. The van der Waals surface area contributed by atoms with Gasteiger partial charge in [0.05, 0.1) is 19.1 Å². The molecule has 1 aliphatic rings. The van der Waals surface area contributed by atoms with Gasteiger partial charge in [-0.3, -0.25) is 0 Å². The molecule has 1 heterocycles. The Bertz CT molecular complexity index is 343. The number of ether oxygens (including phenoxy) is 1. The molecule has 0 radical (unpaired) electrons. The number of methoxy groups -OCH3 is 1. The van der Waals surface area contributed by atoms with Gasteiger partial charge in [0.25, 0.3) is 0 Å². The molecule has 0 aromatic carbocycles. The summed E-state index contributed by atoms with van der Waals surface area (Å²) < 4.78 is 5.73. The normalized spacial score (nSPS) is 16.1. The van der Waals surface area contributed by atoms with E-state index < -0.39 is 0 Å². The molecule has 64 valence electrons. The Balaban J connectivity index is 2.51. The van der Waals surface area contributed by atoms with Crippen molar-refractivity contribution in [3.05, 3.63) is 16.7 Å². The Morgan fingerprint density at radius 3 is 3.00 bits per heavy atom. The van der Waals surface area contributed by atoms with E-state index in [9.17, 15) is 0 Å². The summed E-state index contributed by atoms with van der Waals surface area (Å²) in [7, 11) is 1.63. The molecule has 12 heavy (non-hydrogen) atoms. The molecule has 3 nitrogen and oxygen atoms in total. The highest BCUT2D eigenvalue weighted by Crippen LogP contribution is 2.42. The van der Waals surface area contributed by atoms with Crippen molar-refractivity contribution in [1.29, 1.82) is 0 Å². The van der Waals surface area contributed by atoms with Gasteiger partial charge in [-0.25, -0.2) is 4.98 Å². The average Bonchev–Trinajstić information content (AvgIpc) is 2.86. The largest absolute Gasteiger partial charge is 0.492 e. The van der Waals surface area contributed by atoms with E-state index in [-0.39, 0.29) is 0 Å². The smallest absolute Gasteiger partial charge is 0.175 e. The van der Waals surface area contributed by atoms with Crippen molar-refractivity contribution in [2.75, 3.05) is 7.11 Å². The lowest BCUT2D eigenvalue weighted by Gasteiger charge is -2.05. The van der Waals surface area contributed by atoms with E-state index in [2.05, 4.69) is 9.97 Å². The van der Waals surface area contributed by atoms with E-state index in [1.807, 2.05) is 0 Å². The second kappa shape index (κ2) is 2.86. The van der Waals surface area contributed by atoms with Gasteiger partial charge in [-0.1, -0.05) is 12.2 Å². The molecule has 0 unspecified atom stereocenters. The third kappa shape index (κ3) is 1.22. The monoisotopic (exact) mass is 182 g/mol. The predicted octanol–water partition coefficient (Wildman–Crippen LogP) is 2.03. The topological polar surface area (TPSA) is 37.9 Å². The van der Waals surface area contributed by atoms with Crippen molar-refractivity contribution in [2.45, 2.75) is 18.8 Å². The van der Waals surface area contributed by atoms with Gasteiger partial charge in [-0.2, -0.15) is 0 Å². The van der Waals surface area contributed by atoms with E-state index in [1.54, 1.807) is 13.4 Å². The molecule has 0 atom stereocenters. The summed E-state index contributed by atoms with van der Waals surface area (Å²) in [6.45, 7) is 0. The van der Waals surface area contributed by atoms with Gasteiger partial charge in [0.1, 0.15) is 0 Å². The predicted molar refractivity (Wildman–Crippen MR) is 47.9 cm³/mol. The lowest BCUT2D eigenvalue weighted by atomic mass is 10.2. The fourth-order valence-corrected chi connectivity index (χ4v) is 1.52. The molecule has 0 spiro atoms. The number of nitrogens with zero attached hydrogens (tertiary/aromatic N) is 1. The molecule has 0 aliphatic heterocycles. The van der Waals surface area contributed by atoms with Crippen LogP contribution in [-0.2, 0) is 0 Å². The molecule has 4 heteroatoms. The first kappa shape index (κ1) is 7.73. The number of H-pyrrole nitrogens is 1. The van der Waals surface area contributed by atoms with Crippen molar-refractivity contribution in [3.63, 3.8) is 0 Å². The molecule has 1 N–H and O–H groups in total. The molecule has 1 fully saturated rings. The zero-order valence-electron chi connectivity index (χ0n) is 6.83. The number of rotatable bonds is 2. The van der Waals surface area contributed by atoms with Crippen LogP contribution in [0, 0.1) is 4.64 Å². The Labute approximate surface area is 75.8 Å². The first-order valence-corrected chi connectivity index (χ1v) is 4.35. The SMILES string of the molecule is COc1c(C2CC2)[nH]cnc1=S. The molecule has 1 aromatic rings. The Kier molecular flexibility index (Phi) is 1.84. The minimum absolute atomic E-state index is 0.554. The summed E-state index contributed by atoms with van der Waals surface area (Å²) in [5.41, 5.74) is 1.11. The minimum Gasteiger partial charge on any atom is -0.492 e. The summed E-state index contributed by atoms with van der Waals surface area (Å²) in [4.78, 5) is 7.04. The van der Waals surface area contributed by atoms with Crippen molar-refractivity contribution < 1.29 is 4.74 Å². The van der Waals surface area contributed by atoms with Gasteiger partial charge in [0.2, 0.25) is 0 Å². The van der Waals surface area contributed by atoms with Gasteiger partial charge in [-0.05, 0) is 12.8 Å². The Morgan fingerprint density at radius 2 is 2.42 bits per heavy atom. The number of aromatic amines is 1. The lowest BCUT2D eigenvalue weighted by Crippen LogP contribution is -1.95. The third-order valence-electron chi connectivity index (χ3n) is 2.03. The fraction of sp³-hybridized carbons (Fsp3) is 0.500. The van der Waals surface area contributed by atoms with E-state index in [0.717, 1.165) is 11.4 Å². The van der Waals surface area contributed by atoms with Crippen molar-refractivity contribution in [2.24, 2.45) is 0 Å². The van der Waals surface area contributed by atoms with Crippen LogP contribution in [0.5, 0.6) is 5.75 Å². The Hall–Kier alpha value is -0.900. The first-order valence-electron chi connectivity index (χ1n) is 3.94. The molecule has 1 saturated carbocycles. The zero-order valence-corrected chi connectivity index (χ0v) is 7.65. The van der Waals surface area contributed by atoms with E-state index in [1.165, 1.54) is 12.8 Å². The maximum absolute atomic E-state index is 5.18. The van der Waals surface area contributed by atoms with E-state index >= 15 is 0 Å². The van der Waals surface area contributed by atoms with E-state index in [4.69, 9.17) is 17.0 Å². The molecule has 1 aliphatic carbocycles. The van der Waals surface area contributed by atoms with Gasteiger partial charge in [0, 0.05) is 5.92 Å². The van der Waals surface area contributed by atoms with Crippen molar-refractivity contribution >= 4 is 12.2 Å².